The lowest BCUT2D eigenvalue weighted by Gasteiger charge is -2.27. The van der Waals surface area contributed by atoms with Crippen LogP contribution in [0.5, 0.6) is 0 Å². The Morgan fingerprint density at radius 2 is 0.689 bits per heavy atom. The summed E-state index contributed by atoms with van der Waals surface area (Å²) in [6.07, 6.45) is 0. The van der Waals surface area contributed by atoms with Crippen molar-refractivity contribution in [2.24, 2.45) is 0 Å². The molecule has 0 aliphatic carbocycles. The van der Waals surface area contributed by atoms with Gasteiger partial charge in [-0.1, -0.05) is 152 Å². The highest BCUT2D eigenvalue weighted by molar-refractivity contribution is 6.13. The fourth-order valence-electron chi connectivity index (χ4n) is 9.54. The van der Waals surface area contributed by atoms with E-state index in [0.29, 0.717) is 0 Å². The molecule has 0 spiro atoms. The molecule has 3 heteroatoms. The van der Waals surface area contributed by atoms with Crippen molar-refractivity contribution in [2.45, 2.75) is 0 Å². The summed E-state index contributed by atoms with van der Waals surface area (Å²) in [5.41, 5.74) is 15.3. The number of rotatable bonds is 7. The summed E-state index contributed by atoms with van der Waals surface area (Å²) in [4.78, 5) is 2.39. The molecule has 0 saturated carbocycles. The van der Waals surface area contributed by atoms with Crippen molar-refractivity contribution in [3.63, 3.8) is 0 Å². The second-order valence-electron chi connectivity index (χ2n) is 15.7. The van der Waals surface area contributed by atoms with Crippen molar-refractivity contribution in [1.82, 2.24) is 9.13 Å². The van der Waals surface area contributed by atoms with E-state index in [1.54, 1.807) is 0 Å². The second kappa shape index (κ2) is 14.3. The molecule has 12 aromatic rings. The van der Waals surface area contributed by atoms with E-state index in [0.717, 1.165) is 22.7 Å². The molecule has 0 amide bonds. The van der Waals surface area contributed by atoms with Crippen LogP contribution < -0.4 is 4.90 Å². The second-order valence-corrected chi connectivity index (χ2v) is 15.7. The zero-order chi connectivity index (χ0) is 40.3. The first kappa shape index (κ1) is 34.9. The molecule has 286 valence electrons. The highest BCUT2D eigenvalue weighted by Gasteiger charge is 2.19. The van der Waals surface area contributed by atoms with E-state index < -0.39 is 0 Å². The van der Waals surface area contributed by atoms with Gasteiger partial charge in [0.25, 0.3) is 0 Å². The van der Waals surface area contributed by atoms with Crippen LogP contribution in [0.15, 0.2) is 237 Å². The van der Waals surface area contributed by atoms with Crippen LogP contribution in [-0.2, 0) is 0 Å². The van der Waals surface area contributed by atoms with Crippen molar-refractivity contribution in [1.29, 1.82) is 0 Å². The van der Waals surface area contributed by atoms with Crippen LogP contribution in [0.2, 0.25) is 0 Å². The number of fused-ring (bicyclic) bond motifs is 7. The minimum atomic E-state index is 1.10. The van der Waals surface area contributed by atoms with Gasteiger partial charge in [0, 0.05) is 49.7 Å². The zero-order valence-corrected chi connectivity index (χ0v) is 33.4. The van der Waals surface area contributed by atoms with Gasteiger partial charge in [0.15, 0.2) is 0 Å². The van der Waals surface area contributed by atoms with Gasteiger partial charge in [-0.2, -0.15) is 0 Å². The van der Waals surface area contributed by atoms with Crippen LogP contribution >= 0.6 is 0 Å². The summed E-state index contributed by atoms with van der Waals surface area (Å²) < 4.78 is 4.74. The quantitative estimate of drug-likeness (QED) is 0.157. The van der Waals surface area contributed by atoms with Crippen molar-refractivity contribution in [3.05, 3.63) is 237 Å². The van der Waals surface area contributed by atoms with E-state index in [4.69, 9.17) is 0 Å². The summed E-state index contributed by atoms with van der Waals surface area (Å²) in [5.74, 6) is 0. The summed E-state index contributed by atoms with van der Waals surface area (Å²) in [6.45, 7) is 0. The molecule has 10 aromatic carbocycles. The third kappa shape index (κ3) is 5.74. The highest BCUT2D eigenvalue weighted by atomic mass is 15.1. The molecule has 0 atom stereocenters. The standard InChI is InChI=1S/C58H39N3/c1-3-15-43(16-4-1)59(45-32-27-40(28-33-45)41-29-34-46(35-30-41)61-54-24-12-9-21-50(54)51-22-10-13-25-55(51)61)57-38-36-47(48-19-7-8-20-49(48)57)42-31-37-58-53(39-42)52-23-11-14-26-56(52)60(58)44-17-5-2-6-18-44/h1-39H. The van der Waals surface area contributed by atoms with Gasteiger partial charge in [-0.15, -0.1) is 0 Å². The Balaban J connectivity index is 0.929. The van der Waals surface area contributed by atoms with Crippen LogP contribution in [0.3, 0.4) is 0 Å². The average Bonchev–Trinajstić information content (AvgIpc) is 3.85. The van der Waals surface area contributed by atoms with E-state index in [2.05, 4.69) is 251 Å². The molecule has 61 heavy (non-hydrogen) atoms. The van der Waals surface area contributed by atoms with Gasteiger partial charge in [0.05, 0.1) is 27.8 Å². The maximum absolute atomic E-state index is 2.39. The van der Waals surface area contributed by atoms with E-state index in [1.165, 1.54) is 82.3 Å². The third-order valence-corrected chi connectivity index (χ3v) is 12.3. The Hall–Kier alpha value is -8.14. The van der Waals surface area contributed by atoms with Crippen molar-refractivity contribution in [3.8, 4) is 33.6 Å². The largest absolute Gasteiger partial charge is 0.310 e. The molecule has 3 nitrogen and oxygen atoms in total. The van der Waals surface area contributed by atoms with E-state index >= 15 is 0 Å². The molecule has 0 bridgehead atoms. The highest BCUT2D eigenvalue weighted by Crippen LogP contribution is 2.44. The van der Waals surface area contributed by atoms with Gasteiger partial charge in [-0.25, -0.2) is 0 Å². The molecule has 12 rings (SSSR count). The number of para-hydroxylation sites is 5. The van der Waals surface area contributed by atoms with E-state index in [-0.39, 0.29) is 0 Å². The van der Waals surface area contributed by atoms with Crippen LogP contribution in [0.25, 0.3) is 88.0 Å². The normalized spacial score (nSPS) is 11.6. The molecular formula is C58H39N3. The topological polar surface area (TPSA) is 13.1 Å². The van der Waals surface area contributed by atoms with Crippen molar-refractivity contribution < 1.29 is 0 Å². The first-order chi connectivity index (χ1) is 30.3. The lowest BCUT2D eigenvalue weighted by molar-refractivity contribution is 1.18. The minimum Gasteiger partial charge on any atom is -0.310 e. The number of benzene rings is 10. The maximum Gasteiger partial charge on any atom is 0.0541 e. The third-order valence-electron chi connectivity index (χ3n) is 12.3. The zero-order valence-electron chi connectivity index (χ0n) is 33.4. The van der Waals surface area contributed by atoms with Gasteiger partial charge in [0.2, 0.25) is 0 Å². The van der Waals surface area contributed by atoms with E-state index in [1.807, 2.05) is 0 Å². The Kier molecular flexibility index (Phi) is 8.17. The molecule has 2 heterocycles. The lowest BCUT2D eigenvalue weighted by Crippen LogP contribution is -2.10. The molecule has 0 radical (unpaired) electrons. The predicted octanol–water partition coefficient (Wildman–Crippen LogP) is 15.8. The summed E-state index contributed by atoms with van der Waals surface area (Å²) in [6, 6.07) is 85.8. The molecule has 0 unspecified atom stereocenters. The SMILES string of the molecule is c1ccc(N(c2ccc(-c3ccc(-n4c5ccccc5c5ccccc54)cc3)cc2)c2ccc(-c3ccc4c(c3)c3ccccc3n4-c3ccccc3)c3ccccc23)cc1. The number of anilines is 3. The summed E-state index contributed by atoms with van der Waals surface area (Å²) >= 11 is 0. The Morgan fingerprint density at radius 3 is 1.30 bits per heavy atom. The van der Waals surface area contributed by atoms with Crippen LogP contribution in [0, 0.1) is 0 Å². The van der Waals surface area contributed by atoms with Crippen molar-refractivity contribution >= 4 is 71.4 Å². The minimum absolute atomic E-state index is 1.10. The van der Waals surface area contributed by atoms with Crippen LogP contribution in [-0.4, -0.2) is 9.13 Å². The average molecular weight is 778 g/mol. The fourth-order valence-corrected chi connectivity index (χ4v) is 9.54. The van der Waals surface area contributed by atoms with Crippen LogP contribution in [0.4, 0.5) is 17.1 Å². The van der Waals surface area contributed by atoms with Gasteiger partial charge in [-0.05, 0) is 113 Å². The first-order valence-electron chi connectivity index (χ1n) is 20.9. The maximum atomic E-state index is 2.39. The van der Waals surface area contributed by atoms with Gasteiger partial charge in [0.1, 0.15) is 0 Å². The predicted molar refractivity (Wildman–Crippen MR) is 258 cm³/mol. The molecule has 0 saturated heterocycles. The Labute approximate surface area is 354 Å². The smallest absolute Gasteiger partial charge is 0.0541 e. The first-order valence-corrected chi connectivity index (χ1v) is 20.9. The van der Waals surface area contributed by atoms with Crippen molar-refractivity contribution in [2.75, 3.05) is 4.90 Å². The Morgan fingerprint density at radius 1 is 0.262 bits per heavy atom. The molecular weight excluding hydrogens is 739 g/mol. The van der Waals surface area contributed by atoms with Gasteiger partial charge >= 0.3 is 0 Å². The number of nitrogens with zero attached hydrogens (tertiary/aromatic N) is 3. The fraction of sp³-hybridized carbons (Fsp3) is 0. The Bertz CT molecular complexity index is 3510. The molecule has 0 N–H and O–H groups in total. The summed E-state index contributed by atoms with van der Waals surface area (Å²) in [5, 5.41) is 7.45. The monoisotopic (exact) mass is 777 g/mol. The number of aromatic nitrogens is 2. The van der Waals surface area contributed by atoms with Gasteiger partial charge < -0.3 is 14.0 Å². The molecule has 0 aliphatic heterocycles. The molecule has 0 aliphatic rings. The number of hydrogen-bond acceptors (Lipinski definition) is 1. The number of hydrogen-bond donors (Lipinski definition) is 0. The van der Waals surface area contributed by atoms with E-state index in [9.17, 15) is 0 Å². The van der Waals surface area contributed by atoms with Gasteiger partial charge in [-0.3, -0.25) is 0 Å². The van der Waals surface area contributed by atoms with Crippen LogP contribution in [0.1, 0.15) is 0 Å². The molecule has 2 aromatic heterocycles. The summed E-state index contributed by atoms with van der Waals surface area (Å²) in [7, 11) is 0. The molecule has 0 fully saturated rings. The lowest BCUT2D eigenvalue weighted by atomic mass is 9.95.